The molecule has 1 aliphatic rings. The van der Waals surface area contributed by atoms with Crippen molar-refractivity contribution in [1.29, 1.82) is 0 Å². The van der Waals surface area contributed by atoms with E-state index in [1.807, 2.05) is 0 Å². The Hall–Kier alpha value is -3.14. The first-order valence-electron chi connectivity index (χ1n) is 8.78. The van der Waals surface area contributed by atoms with Crippen LogP contribution in [0.25, 0.3) is 0 Å². The summed E-state index contributed by atoms with van der Waals surface area (Å²) in [5.41, 5.74) is 11.4. The Labute approximate surface area is 161 Å². The van der Waals surface area contributed by atoms with Gasteiger partial charge in [-0.1, -0.05) is 12.1 Å². The highest BCUT2D eigenvalue weighted by Crippen LogP contribution is 2.28. The number of nitrogens with zero attached hydrogens (tertiary/aromatic N) is 1. The van der Waals surface area contributed by atoms with Gasteiger partial charge in [-0.25, -0.2) is 4.79 Å². The first kappa shape index (κ1) is 21.2. The Morgan fingerprint density at radius 3 is 2.57 bits per heavy atom. The molecular formula is C18H24N4O6. The lowest BCUT2D eigenvalue weighted by Crippen LogP contribution is -2.53. The number of rotatable bonds is 8. The molecule has 10 nitrogen and oxygen atoms in total. The number of nitrogens with one attached hydrogen (secondary N) is 1. The summed E-state index contributed by atoms with van der Waals surface area (Å²) in [5, 5.41) is 11.9. The SMILES string of the molecule is CNC(=O)c1ccccc1OCC(=O)N1C(C(N)CC(N)=O)CC[C@H]1C(=O)O. The number of carboxylic acid groups (broad SMARTS) is 1. The normalized spacial score (nSPS) is 19.7. The number of aliphatic carboxylic acids is 1. The van der Waals surface area contributed by atoms with E-state index in [0.29, 0.717) is 6.42 Å². The van der Waals surface area contributed by atoms with E-state index in [-0.39, 0.29) is 30.1 Å². The molecule has 1 heterocycles. The first-order valence-corrected chi connectivity index (χ1v) is 8.78. The van der Waals surface area contributed by atoms with Crippen molar-refractivity contribution in [2.24, 2.45) is 11.5 Å². The minimum atomic E-state index is -1.16. The van der Waals surface area contributed by atoms with Crippen molar-refractivity contribution in [3.63, 3.8) is 0 Å². The number of nitrogens with two attached hydrogens (primary N) is 2. The molecule has 0 radical (unpaired) electrons. The average molecular weight is 392 g/mol. The molecule has 0 aromatic heterocycles. The second kappa shape index (κ2) is 9.18. The summed E-state index contributed by atoms with van der Waals surface area (Å²) in [6.45, 7) is -0.475. The van der Waals surface area contributed by atoms with Crippen LogP contribution >= 0.6 is 0 Å². The van der Waals surface area contributed by atoms with Crippen LogP contribution in [-0.4, -0.2) is 65.5 Å². The van der Waals surface area contributed by atoms with Gasteiger partial charge in [0, 0.05) is 25.6 Å². The van der Waals surface area contributed by atoms with Crippen LogP contribution in [0.1, 0.15) is 29.6 Å². The number of primary amides is 1. The number of hydrogen-bond donors (Lipinski definition) is 4. The fraction of sp³-hybridized carbons (Fsp3) is 0.444. The van der Waals surface area contributed by atoms with Crippen LogP contribution in [0.3, 0.4) is 0 Å². The predicted molar refractivity (Wildman–Crippen MR) is 98.4 cm³/mol. The van der Waals surface area contributed by atoms with Gasteiger partial charge >= 0.3 is 5.97 Å². The molecule has 152 valence electrons. The molecule has 2 rings (SSSR count). The molecule has 0 bridgehead atoms. The lowest BCUT2D eigenvalue weighted by Gasteiger charge is -2.31. The molecule has 0 aliphatic carbocycles. The number of benzene rings is 1. The Kier molecular flexibility index (Phi) is 6.94. The molecule has 0 spiro atoms. The van der Waals surface area contributed by atoms with Crippen molar-refractivity contribution in [2.45, 2.75) is 37.4 Å². The maximum absolute atomic E-state index is 12.8. The molecule has 3 amide bonds. The highest BCUT2D eigenvalue weighted by atomic mass is 16.5. The smallest absolute Gasteiger partial charge is 0.326 e. The monoisotopic (exact) mass is 392 g/mol. The summed E-state index contributed by atoms with van der Waals surface area (Å²) < 4.78 is 5.49. The summed E-state index contributed by atoms with van der Waals surface area (Å²) in [4.78, 5) is 48.5. The zero-order chi connectivity index (χ0) is 20.8. The van der Waals surface area contributed by atoms with Gasteiger partial charge in [0.25, 0.3) is 11.8 Å². The zero-order valence-electron chi connectivity index (χ0n) is 15.5. The lowest BCUT2D eigenvalue weighted by atomic mass is 10.0. The topological polar surface area (TPSA) is 165 Å². The summed E-state index contributed by atoms with van der Waals surface area (Å²) >= 11 is 0. The van der Waals surface area contributed by atoms with Crippen molar-refractivity contribution in [2.75, 3.05) is 13.7 Å². The van der Waals surface area contributed by atoms with Gasteiger partial charge in [0.1, 0.15) is 11.8 Å². The van der Waals surface area contributed by atoms with Crippen molar-refractivity contribution in [3.05, 3.63) is 29.8 Å². The van der Waals surface area contributed by atoms with Crippen molar-refractivity contribution in [3.8, 4) is 5.75 Å². The van der Waals surface area contributed by atoms with Gasteiger partial charge < -0.3 is 31.5 Å². The largest absolute Gasteiger partial charge is 0.483 e. The van der Waals surface area contributed by atoms with Crippen LogP contribution in [0.2, 0.25) is 0 Å². The second-order valence-electron chi connectivity index (χ2n) is 6.50. The molecule has 10 heteroatoms. The van der Waals surface area contributed by atoms with Gasteiger partial charge in [-0.15, -0.1) is 0 Å². The third-order valence-electron chi connectivity index (χ3n) is 4.64. The van der Waals surface area contributed by atoms with Gasteiger partial charge in [0.05, 0.1) is 5.56 Å². The molecule has 0 saturated carbocycles. The highest BCUT2D eigenvalue weighted by Gasteiger charge is 2.43. The number of para-hydroxylation sites is 1. The quantitative estimate of drug-likeness (QED) is 0.444. The molecule has 1 fully saturated rings. The zero-order valence-corrected chi connectivity index (χ0v) is 15.5. The summed E-state index contributed by atoms with van der Waals surface area (Å²) in [5.74, 6) is -2.57. The minimum absolute atomic E-state index is 0.166. The van der Waals surface area contributed by atoms with Crippen molar-refractivity contribution in [1.82, 2.24) is 10.2 Å². The third-order valence-corrected chi connectivity index (χ3v) is 4.64. The first-order chi connectivity index (χ1) is 13.3. The molecule has 1 aromatic rings. The molecular weight excluding hydrogens is 368 g/mol. The fourth-order valence-electron chi connectivity index (χ4n) is 3.36. The number of carbonyl (C=O) groups is 4. The summed E-state index contributed by atoms with van der Waals surface area (Å²) in [6.07, 6.45) is 0.389. The number of amides is 3. The van der Waals surface area contributed by atoms with Gasteiger partial charge in [0.2, 0.25) is 5.91 Å². The third kappa shape index (κ3) is 4.77. The van der Waals surface area contributed by atoms with E-state index in [1.54, 1.807) is 18.2 Å². The lowest BCUT2D eigenvalue weighted by molar-refractivity contribution is -0.150. The Morgan fingerprint density at radius 2 is 1.96 bits per heavy atom. The second-order valence-corrected chi connectivity index (χ2v) is 6.50. The van der Waals surface area contributed by atoms with Crippen molar-refractivity contribution >= 4 is 23.7 Å². The van der Waals surface area contributed by atoms with E-state index >= 15 is 0 Å². The highest BCUT2D eigenvalue weighted by molar-refractivity contribution is 5.96. The average Bonchev–Trinajstić information content (AvgIpc) is 3.11. The number of hydrogen-bond acceptors (Lipinski definition) is 6. The van der Waals surface area contributed by atoms with E-state index in [0.717, 1.165) is 4.90 Å². The van der Waals surface area contributed by atoms with Crippen LogP contribution in [0.4, 0.5) is 0 Å². The predicted octanol–water partition coefficient (Wildman–Crippen LogP) is -0.928. The van der Waals surface area contributed by atoms with Gasteiger partial charge in [-0.05, 0) is 25.0 Å². The van der Waals surface area contributed by atoms with Crippen molar-refractivity contribution < 1.29 is 29.0 Å². The van der Waals surface area contributed by atoms with Gasteiger partial charge in [-0.3, -0.25) is 14.4 Å². The van der Waals surface area contributed by atoms with E-state index in [1.165, 1.54) is 13.1 Å². The van der Waals surface area contributed by atoms with Crippen LogP contribution in [0.15, 0.2) is 24.3 Å². The van der Waals surface area contributed by atoms with E-state index in [2.05, 4.69) is 5.32 Å². The number of likely N-dealkylation sites (tertiary alicyclic amines) is 1. The fourth-order valence-corrected chi connectivity index (χ4v) is 3.36. The van der Waals surface area contributed by atoms with Gasteiger partial charge in [-0.2, -0.15) is 0 Å². The molecule has 1 aliphatic heterocycles. The summed E-state index contributed by atoms with van der Waals surface area (Å²) in [7, 11) is 1.47. The number of carboxylic acids is 1. The Morgan fingerprint density at radius 1 is 1.29 bits per heavy atom. The van der Waals surface area contributed by atoms with E-state index < -0.39 is 42.5 Å². The molecule has 1 saturated heterocycles. The molecule has 2 unspecified atom stereocenters. The number of carbonyl (C=O) groups excluding carboxylic acids is 3. The van der Waals surface area contributed by atoms with Gasteiger partial charge in [0.15, 0.2) is 6.61 Å². The van der Waals surface area contributed by atoms with Crippen LogP contribution in [-0.2, 0) is 14.4 Å². The standard InChI is InChI=1S/C18H24N4O6/c1-21-17(25)10-4-2-3-5-14(10)28-9-16(24)22-12(11(19)8-15(20)23)6-7-13(22)18(26)27/h2-5,11-13H,6-9,19H2,1H3,(H2,20,23)(H,21,25)(H,26,27)/t11?,12?,13-/m0/s1. The van der Waals surface area contributed by atoms with E-state index in [4.69, 9.17) is 16.2 Å². The number of ether oxygens (including phenoxy) is 1. The van der Waals surface area contributed by atoms with Crippen LogP contribution in [0, 0.1) is 0 Å². The Balaban J connectivity index is 2.16. The maximum Gasteiger partial charge on any atom is 0.326 e. The molecule has 1 aromatic carbocycles. The maximum atomic E-state index is 12.8. The molecule has 28 heavy (non-hydrogen) atoms. The molecule has 3 atom stereocenters. The van der Waals surface area contributed by atoms with Crippen LogP contribution < -0.4 is 21.5 Å². The Bertz CT molecular complexity index is 768. The minimum Gasteiger partial charge on any atom is -0.483 e. The van der Waals surface area contributed by atoms with E-state index in [9.17, 15) is 24.3 Å². The summed E-state index contributed by atoms with van der Waals surface area (Å²) in [6, 6.07) is 3.90. The molecule has 6 N–H and O–H groups in total. The van der Waals surface area contributed by atoms with Crippen LogP contribution in [0.5, 0.6) is 5.75 Å².